The van der Waals surface area contributed by atoms with Gasteiger partial charge in [0.2, 0.25) is 6.41 Å². The number of primary amides is 1. The van der Waals surface area contributed by atoms with E-state index in [0.717, 1.165) is 12.1 Å². The number of imide groups is 1. The Morgan fingerprint density at radius 2 is 1.86 bits per heavy atom. The van der Waals surface area contributed by atoms with Crippen molar-refractivity contribution in [1.82, 2.24) is 4.90 Å². The maximum Gasteiger partial charge on any atom is 0.416 e. The van der Waals surface area contributed by atoms with Gasteiger partial charge in [0.15, 0.2) is 0 Å². The van der Waals surface area contributed by atoms with E-state index in [1.54, 1.807) is 25.4 Å². The number of nitrogens with one attached hydrogen (secondary N) is 1. The Kier molecular flexibility index (Phi) is 8.12. The molecule has 0 bridgehead atoms. The highest BCUT2D eigenvalue weighted by atomic mass is 32.2. The van der Waals surface area contributed by atoms with Crippen molar-refractivity contribution in [3.05, 3.63) is 70.8 Å². The molecule has 1 aliphatic rings. The molecule has 0 saturated carbocycles. The minimum absolute atomic E-state index is 0.0333. The van der Waals surface area contributed by atoms with Crippen molar-refractivity contribution in [2.45, 2.75) is 24.4 Å². The van der Waals surface area contributed by atoms with Gasteiger partial charge < -0.3 is 16.0 Å². The predicted octanol–water partition coefficient (Wildman–Crippen LogP) is 4.41. The van der Waals surface area contributed by atoms with Crippen LogP contribution in [0.2, 0.25) is 0 Å². The number of nitrogens with zero attached hydrogens (tertiary/aromatic N) is 2. The number of hydrogen-bond acceptors (Lipinski definition) is 5. The van der Waals surface area contributed by atoms with Crippen LogP contribution in [-0.2, 0) is 27.0 Å². The number of carbonyl (C=O) groups is 4. The van der Waals surface area contributed by atoms with Gasteiger partial charge in [0.1, 0.15) is 5.57 Å². The lowest BCUT2D eigenvalue weighted by molar-refractivity contribution is -0.138. The second-order valence-electron chi connectivity index (χ2n) is 7.86. The summed E-state index contributed by atoms with van der Waals surface area (Å²) in [5, 5.41) is 2.56. The van der Waals surface area contributed by atoms with Crippen molar-refractivity contribution in [2.24, 2.45) is 5.73 Å². The monoisotopic (exact) mass is 532 g/mol. The normalized spacial score (nSPS) is 12.9. The Morgan fingerprint density at radius 1 is 1.16 bits per heavy atom. The third-order valence-electron chi connectivity index (χ3n) is 5.66. The summed E-state index contributed by atoms with van der Waals surface area (Å²) in [7, 11) is 1.56. The molecule has 0 atom stereocenters. The van der Waals surface area contributed by atoms with E-state index in [1.807, 2.05) is 0 Å². The standard InChI is InChI=1S/C25H23F3N4O4S/c1-4-15(22(29)34)23(35)32(19-11-9-16-17(19)6-5-7-18(16)25(26,27)28)24(36)30-14-8-10-20(31(2)13-33)21(12-14)37-3/h4-8,10-13H,9H2,1-3H3,(H2,29,34)(H,30,36)/b15-4-. The fraction of sp³-hybridized carbons (Fsp3) is 0.200. The number of amides is 5. The Balaban J connectivity index is 2.07. The van der Waals surface area contributed by atoms with Crippen LogP contribution in [0.1, 0.15) is 23.6 Å². The zero-order valence-electron chi connectivity index (χ0n) is 20.1. The summed E-state index contributed by atoms with van der Waals surface area (Å²) in [6.07, 6.45) is 0.0169. The number of anilines is 2. The van der Waals surface area contributed by atoms with Crippen LogP contribution in [0.15, 0.2) is 59.0 Å². The van der Waals surface area contributed by atoms with E-state index in [4.69, 9.17) is 5.73 Å². The highest BCUT2D eigenvalue weighted by Gasteiger charge is 2.39. The lowest BCUT2D eigenvalue weighted by Gasteiger charge is -2.25. The first kappa shape index (κ1) is 27.5. The Morgan fingerprint density at radius 3 is 2.43 bits per heavy atom. The van der Waals surface area contributed by atoms with E-state index in [2.05, 4.69) is 5.32 Å². The summed E-state index contributed by atoms with van der Waals surface area (Å²) in [4.78, 5) is 52.4. The molecule has 8 nitrogen and oxygen atoms in total. The van der Waals surface area contributed by atoms with Crippen molar-refractivity contribution in [3.8, 4) is 0 Å². The molecular weight excluding hydrogens is 509 g/mol. The quantitative estimate of drug-likeness (QED) is 0.180. The molecule has 12 heteroatoms. The molecule has 5 amide bonds. The van der Waals surface area contributed by atoms with E-state index >= 15 is 0 Å². The van der Waals surface area contributed by atoms with Gasteiger partial charge in [-0.15, -0.1) is 11.8 Å². The van der Waals surface area contributed by atoms with E-state index in [0.29, 0.717) is 21.9 Å². The molecule has 37 heavy (non-hydrogen) atoms. The molecule has 0 fully saturated rings. The number of halogens is 3. The van der Waals surface area contributed by atoms with Crippen molar-refractivity contribution in [3.63, 3.8) is 0 Å². The average molecular weight is 533 g/mol. The summed E-state index contributed by atoms with van der Waals surface area (Å²) in [6, 6.07) is 7.12. The number of nitrogens with two attached hydrogens (primary N) is 1. The topological polar surface area (TPSA) is 113 Å². The number of thioether (sulfide) groups is 1. The molecule has 0 unspecified atom stereocenters. The summed E-state index contributed by atoms with van der Waals surface area (Å²) in [6.45, 7) is 1.37. The smallest absolute Gasteiger partial charge is 0.365 e. The van der Waals surface area contributed by atoms with Crippen LogP contribution >= 0.6 is 11.8 Å². The van der Waals surface area contributed by atoms with Crippen molar-refractivity contribution in [2.75, 3.05) is 23.5 Å². The number of urea groups is 1. The highest BCUT2D eigenvalue weighted by Crippen LogP contribution is 2.40. The minimum Gasteiger partial charge on any atom is -0.365 e. The number of benzene rings is 2. The predicted molar refractivity (Wildman–Crippen MR) is 135 cm³/mol. The van der Waals surface area contributed by atoms with Crippen LogP contribution in [-0.4, -0.2) is 42.5 Å². The zero-order valence-corrected chi connectivity index (χ0v) is 20.9. The summed E-state index contributed by atoms with van der Waals surface area (Å²) in [5.41, 5.74) is 4.58. The van der Waals surface area contributed by atoms with E-state index in [9.17, 15) is 32.3 Å². The van der Waals surface area contributed by atoms with Gasteiger partial charge in [0.25, 0.3) is 11.8 Å². The fourth-order valence-electron chi connectivity index (χ4n) is 3.92. The van der Waals surface area contributed by atoms with Gasteiger partial charge >= 0.3 is 12.2 Å². The second-order valence-corrected chi connectivity index (χ2v) is 8.71. The van der Waals surface area contributed by atoms with Gasteiger partial charge in [-0.25, -0.2) is 9.69 Å². The molecule has 3 N–H and O–H groups in total. The van der Waals surface area contributed by atoms with Crippen molar-refractivity contribution in [1.29, 1.82) is 0 Å². The third-order valence-corrected chi connectivity index (χ3v) is 6.42. The van der Waals surface area contributed by atoms with E-state index < -0.39 is 35.2 Å². The molecule has 0 saturated heterocycles. The molecule has 3 rings (SSSR count). The second kappa shape index (κ2) is 10.9. The van der Waals surface area contributed by atoms with Crippen LogP contribution in [0.5, 0.6) is 0 Å². The number of carbonyl (C=O) groups excluding carboxylic acids is 4. The molecule has 0 heterocycles. The van der Waals surface area contributed by atoms with Gasteiger partial charge in [-0.3, -0.25) is 14.4 Å². The number of rotatable bonds is 7. The Hall–Kier alpha value is -4.06. The molecule has 0 aromatic heterocycles. The van der Waals surface area contributed by atoms with Crippen LogP contribution in [0, 0.1) is 0 Å². The molecule has 194 valence electrons. The third kappa shape index (κ3) is 5.53. The van der Waals surface area contributed by atoms with Gasteiger partial charge in [0.05, 0.1) is 16.9 Å². The van der Waals surface area contributed by atoms with Gasteiger partial charge in [-0.2, -0.15) is 13.2 Å². The molecule has 0 aliphatic heterocycles. The van der Waals surface area contributed by atoms with E-state index in [-0.39, 0.29) is 28.9 Å². The van der Waals surface area contributed by atoms with Gasteiger partial charge in [-0.05, 0) is 49.4 Å². The first-order valence-corrected chi connectivity index (χ1v) is 12.0. The summed E-state index contributed by atoms with van der Waals surface area (Å²) < 4.78 is 40.7. The first-order valence-electron chi connectivity index (χ1n) is 10.8. The minimum atomic E-state index is -4.64. The van der Waals surface area contributed by atoms with Crippen molar-refractivity contribution >= 4 is 53.1 Å². The number of fused-ring (bicyclic) bond motifs is 1. The summed E-state index contributed by atoms with van der Waals surface area (Å²) in [5.74, 6) is -2.19. The molecule has 2 aromatic carbocycles. The molecular formula is C25H23F3N4O4S. The number of alkyl halides is 3. The van der Waals surface area contributed by atoms with Crippen LogP contribution in [0.4, 0.5) is 29.3 Å². The lowest BCUT2D eigenvalue weighted by atomic mass is 10.0. The Labute approximate surface area is 215 Å². The van der Waals surface area contributed by atoms with Crippen LogP contribution in [0.3, 0.4) is 0 Å². The molecule has 1 aliphatic carbocycles. The lowest BCUT2D eigenvalue weighted by Crippen LogP contribution is -2.41. The molecule has 0 spiro atoms. The van der Waals surface area contributed by atoms with E-state index in [1.165, 1.54) is 47.9 Å². The average Bonchev–Trinajstić information content (AvgIpc) is 3.26. The van der Waals surface area contributed by atoms with Crippen molar-refractivity contribution < 1.29 is 32.3 Å². The number of hydrogen-bond donors (Lipinski definition) is 2. The van der Waals surface area contributed by atoms with Crippen LogP contribution in [0.25, 0.3) is 5.70 Å². The van der Waals surface area contributed by atoms with Crippen LogP contribution < -0.4 is 16.0 Å². The van der Waals surface area contributed by atoms with Gasteiger partial charge in [0, 0.05) is 23.2 Å². The molecule has 2 aromatic rings. The fourth-order valence-corrected chi connectivity index (χ4v) is 4.58. The maximum absolute atomic E-state index is 13.6. The first-order chi connectivity index (χ1) is 17.4. The summed E-state index contributed by atoms with van der Waals surface area (Å²) >= 11 is 1.31. The largest absolute Gasteiger partial charge is 0.416 e. The number of allylic oxidation sites excluding steroid dienone is 2. The molecule has 0 radical (unpaired) electrons. The van der Waals surface area contributed by atoms with Gasteiger partial charge in [-0.1, -0.05) is 24.3 Å². The zero-order chi connectivity index (χ0) is 27.5. The SMILES string of the molecule is C/C=C(/C(N)=O)C(=O)N(C(=O)Nc1ccc(N(C)C=O)c(SC)c1)C1=CCc2c1cccc2C(F)(F)F. The maximum atomic E-state index is 13.6. The highest BCUT2D eigenvalue weighted by molar-refractivity contribution is 7.98. The Bertz CT molecular complexity index is 1340.